The fourth-order valence-electron chi connectivity index (χ4n) is 1.90. The number of fused-ring (bicyclic) bond motifs is 1. The fraction of sp³-hybridized carbons (Fsp3) is 0.286. The molecule has 18 heavy (non-hydrogen) atoms. The van der Waals surface area contributed by atoms with Crippen LogP contribution >= 0.6 is 0 Å². The molecule has 0 bridgehead atoms. The standard InChI is InChI=1S/C14H16N2O2/c1-9(2)12(14(17)18)16-13-11-6-4-3-5-10(11)7-8-15-13/h3-9,12H,1-2H3,(H,15,16)(H,17,18). The highest BCUT2D eigenvalue weighted by atomic mass is 16.4. The minimum atomic E-state index is -0.861. The summed E-state index contributed by atoms with van der Waals surface area (Å²) in [5.41, 5.74) is 0. The van der Waals surface area contributed by atoms with Crippen molar-refractivity contribution < 1.29 is 9.90 Å². The number of carboxylic acid groups (broad SMARTS) is 1. The van der Waals surface area contributed by atoms with Crippen LogP contribution in [-0.4, -0.2) is 22.1 Å². The van der Waals surface area contributed by atoms with E-state index in [0.29, 0.717) is 5.82 Å². The number of aromatic nitrogens is 1. The molecule has 0 saturated carbocycles. The molecule has 0 aliphatic heterocycles. The molecular weight excluding hydrogens is 228 g/mol. The number of anilines is 1. The molecule has 0 aliphatic rings. The zero-order valence-corrected chi connectivity index (χ0v) is 10.4. The molecule has 1 aromatic heterocycles. The average molecular weight is 244 g/mol. The number of pyridine rings is 1. The summed E-state index contributed by atoms with van der Waals surface area (Å²) in [6, 6.07) is 9.05. The van der Waals surface area contributed by atoms with Crippen LogP contribution in [0.4, 0.5) is 5.82 Å². The molecule has 0 spiro atoms. The van der Waals surface area contributed by atoms with Gasteiger partial charge in [-0.1, -0.05) is 38.1 Å². The maximum atomic E-state index is 11.2. The number of hydrogen-bond donors (Lipinski definition) is 2. The molecule has 94 valence electrons. The zero-order chi connectivity index (χ0) is 13.1. The lowest BCUT2D eigenvalue weighted by Crippen LogP contribution is -2.34. The molecule has 2 aromatic rings. The van der Waals surface area contributed by atoms with E-state index in [0.717, 1.165) is 10.8 Å². The Bertz CT molecular complexity index is 561. The summed E-state index contributed by atoms with van der Waals surface area (Å²) in [5, 5.41) is 14.2. The number of hydrogen-bond acceptors (Lipinski definition) is 3. The van der Waals surface area contributed by atoms with Crippen LogP contribution in [0.2, 0.25) is 0 Å². The molecular formula is C14H16N2O2. The third-order valence-corrected chi connectivity index (χ3v) is 2.90. The van der Waals surface area contributed by atoms with Crippen molar-refractivity contribution in [2.75, 3.05) is 5.32 Å². The van der Waals surface area contributed by atoms with Crippen molar-refractivity contribution in [3.63, 3.8) is 0 Å². The molecule has 2 rings (SSSR count). The number of benzene rings is 1. The monoisotopic (exact) mass is 244 g/mol. The summed E-state index contributed by atoms with van der Waals surface area (Å²) >= 11 is 0. The van der Waals surface area contributed by atoms with E-state index >= 15 is 0 Å². The maximum Gasteiger partial charge on any atom is 0.326 e. The van der Waals surface area contributed by atoms with Gasteiger partial charge < -0.3 is 10.4 Å². The predicted molar refractivity (Wildman–Crippen MR) is 71.6 cm³/mol. The molecule has 1 heterocycles. The molecule has 1 atom stereocenters. The Balaban J connectivity index is 2.39. The van der Waals surface area contributed by atoms with Crippen molar-refractivity contribution in [1.29, 1.82) is 0 Å². The fourth-order valence-corrected chi connectivity index (χ4v) is 1.90. The molecule has 0 aliphatic carbocycles. The summed E-state index contributed by atoms with van der Waals surface area (Å²) < 4.78 is 0. The molecule has 2 N–H and O–H groups in total. The minimum Gasteiger partial charge on any atom is -0.480 e. The van der Waals surface area contributed by atoms with Gasteiger partial charge in [0.1, 0.15) is 11.9 Å². The van der Waals surface area contributed by atoms with Crippen molar-refractivity contribution in [2.24, 2.45) is 5.92 Å². The van der Waals surface area contributed by atoms with Crippen molar-refractivity contribution in [3.05, 3.63) is 36.5 Å². The lowest BCUT2D eigenvalue weighted by atomic mass is 10.0. The van der Waals surface area contributed by atoms with E-state index in [1.807, 2.05) is 44.2 Å². The van der Waals surface area contributed by atoms with Gasteiger partial charge in [0, 0.05) is 11.6 Å². The van der Waals surface area contributed by atoms with Gasteiger partial charge in [0.05, 0.1) is 0 Å². The van der Waals surface area contributed by atoms with E-state index in [1.165, 1.54) is 0 Å². The van der Waals surface area contributed by atoms with Gasteiger partial charge in [-0.15, -0.1) is 0 Å². The number of carbonyl (C=O) groups is 1. The van der Waals surface area contributed by atoms with Crippen LogP contribution in [-0.2, 0) is 4.79 Å². The number of nitrogens with one attached hydrogen (secondary N) is 1. The highest BCUT2D eigenvalue weighted by Crippen LogP contribution is 2.22. The van der Waals surface area contributed by atoms with Gasteiger partial charge in [0.25, 0.3) is 0 Å². The summed E-state index contributed by atoms with van der Waals surface area (Å²) in [5.74, 6) is -0.253. The smallest absolute Gasteiger partial charge is 0.326 e. The molecule has 0 amide bonds. The van der Waals surface area contributed by atoms with Crippen LogP contribution < -0.4 is 5.32 Å². The Morgan fingerprint density at radius 1 is 1.28 bits per heavy atom. The van der Waals surface area contributed by atoms with Crippen LogP contribution in [0.15, 0.2) is 36.5 Å². The van der Waals surface area contributed by atoms with Crippen LogP contribution in [0, 0.1) is 5.92 Å². The number of aliphatic carboxylic acids is 1. The number of rotatable bonds is 4. The van der Waals surface area contributed by atoms with Gasteiger partial charge in [-0.2, -0.15) is 0 Å². The summed E-state index contributed by atoms with van der Waals surface area (Å²) in [4.78, 5) is 15.4. The minimum absolute atomic E-state index is 0.0109. The highest BCUT2D eigenvalue weighted by molar-refractivity contribution is 5.93. The summed E-state index contributed by atoms with van der Waals surface area (Å²) in [6.07, 6.45) is 1.68. The van der Waals surface area contributed by atoms with Gasteiger partial charge in [-0.05, 0) is 17.4 Å². The molecule has 1 unspecified atom stereocenters. The Kier molecular flexibility index (Phi) is 3.46. The highest BCUT2D eigenvalue weighted by Gasteiger charge is 2.22. The number of carboxylic acids is 1. The Labute approximate surface area is 106 Å². The van der Waals surface area contributed by atoms with Crippen LogP contribution in [0.3, 0.4) is 0 Å². The first-order valence-electron chi connectivity index (χ1n) is 5.92. The molecule has 4 nitrogen and oxygen atoms in total. The van der Waals surface area contributed by atoms with E-state index < -0.39 is 12.0 Å². The Morgan fingerprint density at radius 3 is 2.67 bits per heavy atom. The molecule has 0 saturated heterocycles. The van der Waals surface area contributed by atoms with Gasteiger partial charge in [0.15, 0.2) is 0 Å². The second-order valence-corrected chi connectivity index (χ2v) is 4.58. The lowest BCUT2D eigenvalue weighted by molar-refractivity contribution is -0.138. The first kappa shape index (κ1) is 12.4. The SMILES string of the molecule is CC(C)C(Nc1nccc2ccccc12)C(=O)O. The summed E-state index contributed by atoms with van der Waals surface area (Å²) in [7, 11) is 0. The van der Waals surface area contributed by atoms with E-state index in [-0.39, 0.29) is 5.92 Å². The average Bonchev–Trinajstić information content (AvgIpc) is 2.35. The van der Waals surface area contributed by atoms with Gasteiger partial charge in [0.2, 0.25) is 0 Å². The van der Waals surface area contributed by atoms with Crippen molar-refractivity contribution in [3.8, 4) is 0 Å². The maximum absolute atomic E-state index is 11.2. The van der Waals surface area contributed by atoms with E-state index in [1.54, 1.807) is 6.20 Å². The molecule has 0 radical (unpaired) electrons. The first-order chi connectivity index (χ1) is 8.59. The van der Waals surface area contributed by atoms with Crippen molar-refractivity contribution >= 4 is 22.6 Å². The largest absolute Gasteiger partial charge is 0.480 e. The van der Waals surface area contributed by atoms with E-state index in [2.05, 4.69) is 10.3 Å². The predicted octanol–water partition coefficient (Wildman–Crippen LogP) is 2.76. The molecule has 4 heteroatoms. The Hall–Kier alpha value is -2.10. The van der Waals surface area contributed by atoms with E-state index in [9.17, 15) is 9.90 Å². The second-order valence-electron chi connectivity index (χ2n) is 4.58. The zero-order valence-electron chi connectivity index (χ0n) is 10.4. The summed E-state index contributed by atoms with van der Waals surface area (Å²) in [6.45, 7) is 3.74. The van der Waals surface area contributed by atoms with Crippen LogP contribution in [0.1, 0.15) is 13.8 Å². The third-order valence-electron chi connectivity index (χ3n) is 2.90. The van der Waals surface area contributed by atoms with Crippen LogP contribution in [0.5, 0.6) is 0 Å². The van der Waals surface area contributed by atoms with Crippen molar-refractivity contribution in [1.82, 2.24) is 4.98 Å². The molecule has 0 fully saturated rings. The van der Waals surface area contributed by atoms with Gasteiger partial charge in [-0.3, -0.25) is 0 Å². The third kappa shape index (κ3) is 2.42. The first-order valence-corrected chi connectivity index (χ1v) is 5.92. The van der Waals surface area contributed by atoms with Gasteiger partial charge in [-0.25, -0.2) is 9.78 Å². The normalized spacial score (nSPS) is 12.6. The second kappa shape index (κ2) is 5.04. The lowest BCUT2D eigenvalue weighted by Gasteiger charge is -2.19. The molecule has 1 aromatic carbocycles. The van der Waals surface area contributed by atoms with E-state index in [4.69, 9.17) is 0 Å². The van der Waals surface area contributed by atoms with Crippen molar-refractivity contribution in [2.45, 2.75) is 19.9 Å². The quantitative estimate of drug-likeness (QED) is 0.868. The number of nitrogens with zero attached hydrogens (tertiary/aromatic N) is 1. The Morgan fingerprint density at radius 2 is 2.00 bits per heavy atom. The van der Waals surface area contributed by atoms with Crippen LogP contribution in [0.25, 0.3) is 10.8 Å². The van der Waals surface area contributed by atoms with Gasteiger partial charge >= 0.3 is 5.97 Å². The topological polar surface area (TPSA) is 62.2 Å².